The molecule has 0 bridgehead atoms. The molecule has 0 radical (unpaired) electrons. The van der Waals surface area contributed by atoms with Gasteiger partial charge in [0.1, 0.15) is 0 Å². The van der Waals surface area contributed by atoms with Crippen molar-refractivity contribution in [3.63, 3.8) is 0 Å². The summed E-state index contributed by atoms with van der Waals surface area (Å²) in [5.41, 5.74) is 2.61. The quantitative estimate of drug-likeness (QED) is 0.844. The number of aliphatic hydroxyl groups excluding tert-OH is 1. The molecule has 0 aliphatic carbocycles. The molecule has 1 atom stereocenters. The van der Waals surface area contributed by atoms with E-state index in [4.69, 9.17) is 0 Å². The fourth-order valence-corrected chi connectivity index (χ4v) is 2.38. The maximum Gasteiger partial charge on any atom is 0.251 e. The maximum atomic E-state index is 12.0. The van der Waals surface area contributed by atoms with Gasteiger partial charge in [0.15, 0.2) is 0 Å². The summed E-state index contributed by atoms with van der Waals surface area (Å²) in [5, 5.41) is 12.9. The number of benzene rings is 2. The van der Waals surface area contributed by atoms with Crippen molar-refractivity contribution in [2.45, 2.75) is 25.9 Å². The summed E-state index contributed by atoms with van der Waals surface area (Å²) in [5.74, 6) is 0.272. The molecule has 4 heteroatoms. The lowest BCUT2D eigenvalue weighted by molar-refractivity contribution is 0.0916. The summed E-state index contributed by atoms with van der Waals surface area (Å²) in [6.07, 6.45) is -0.708. The number of amides is 1. The second-order valence-corrected chi connectivity index (χ2v) is 6.47. The molecule has 0 aliphatic rings. The van der Waals surface area contributed by atoms with Crippen LogP contribution in [0.4, 0.5) is 0 Å². The first kappa shape index (κ1) is 16.7. The van der Waals surface area contributed by atoms with Gasteiger partial charge in [-0.1, -0.05) is 54.0 Å². The van der Waals surface area contributed by atoms with E-state index in [2.05, 4.69) is 35.1 Å². The highest BCUT2D eigenvalue weighted by Gasteiger charge is 2.11. The third kappa shape index (κ3) is 4.42. The van der Waals surface area contributed by atoms with Gasteiger partial charge in [0, 0.05) is 16.6 Å². The topological polar surface area (TPSA) is 49.3 Å². The Hall–Kier alpha value is -1.65. The average molecular weight is 362 g/mol. The lowest BCUT2D eigenvalue weighted by Gasteiger charge is -2.14. The van der Waals surface area contributed by atoms with Crippen LogP contribution in [0.25, 0.3) is 0 Å². The van der Waals surface area contributed by atoms with Crippen LogP contribution in [0.5, 0.6) is 0 Å². The van der Waals surface area contributed by atoms with Gasteiger partial charge in [-0.2, -0.15) is 0 Å². The molecule has 0 aliphatic heterocycles. The van der Waals surface area contributed by atoms with Crippen molar-refractivity contribution in [3.8, 4) is 0 Å². The molecule has 0 saturated carbocycles. The van der Waals surface area contributed by atoms with Gasteiger partial charge in [0.25, 0.3) is 5.91 Å². The summed E-state index contributed by atoms with van der Waals surface area (Å²) >= 11 is 3.33. The van der Waals surface area contributed by atoms with Gasteiger partial charge in [-0.25, -0.2) is 0 Å². The van der Waals surface area contributed by atoms with Crippen LogP contribution < -0.4 is 5.32 Å². The normalized spacial score (nSPS) is 12.2. The van der Waals surface area contributed by atoms with Crippen molar-refractivity contribution in [2.24, 2.45) is 0 Å². The van der Waals surface area contributed by atoms with Gasteiger partial charge in [-0.15, -0.1) is 0 Å². The zero-order chi connectivity index (χ0) is 16.1. The monoisotopic (exact) mass is 361 g/mol. The Morgan fingerprint density at radius 3 is 2.14 bits per heavy atom. The molecule has 2 N–H and O–H groups in total. The van der Waals surface area contributed by atoms with Gasteiger partial charge in [-0.3, -0.25) is 4.79 Å². The standard InChI is InChI=1S/C18H20BrNO2/c1-12(2)13-3-5-14(6-4-13)17(21)11-20-18(22)15-7-9-16(19)10-8-15/h3-10,12,17,21H,11H2,1-2H3,(H,20,22). The Balaban J connectivity index is 1.93. The first-order chi connectivity index (χ1) is 10.5. The van der Waals surface area contributed by atoms with Gasteiger partial charge in [-0.05, 0) is 41.3 Å². The minimum atomic E-state index is -0.708. The fraction of sp³-hybridized carbons (Fsp3) is 0.278. The highest BCUT2D eigenvalue weighted by atomic mass is 79.9. The Bertz CT molecular complexity index is 621. The number of aliphatic hydroxyl groups is 1. The number of carbonyl (C=O) groups is 1. The van der Waals surface area contributed by atoms with Crippen LogP contribution in [-0.2, 0) is 0 Å². The van der Waals surface area contributed by atoms with Crippen molar-refractivity contribution >= 4 is 21.8 Å². The Kier molecular flexibility index (Phi) is 5.75. The number of hydrogen-bond donors (Lipinski definition) is 2. The molecule has 1 amide bonds. The summed E-state index contributed by atoms with van der Waals surface area (Å²) in [6, 6.07) is 15.0. The zero-order valence-corrected chi connectivity index (χ0v) is 14.3. The van der Waals surface area contributed by atoms with E-state index in [1.54, 1.807) is 12.1 Å². The van der Waals surface area contributed by atoms with Crippen molar-refractivity contribution < 1.29 is 9.90 Å². The Morgan fingerprint density at radius 1 is 1.05 bits per heavy atom. The SMILES string of the molecule is CC(C)c1ccc(C(O)CNC(=O)c2ccc(Br)cc2)cc1. The smallest absolute Gasteiger partial charge is 0.251 e. The number of carbonyl (C=O) groups excluding carboxylic acids is 1. The van der Waals surface area contributed by atoms with Gasteiger partial charge in [0.05, 0.1) is 6.10 Å². The second-order valence-electron chi connectivity index (χ2n) is 5.55. The average Bonchev–Trinajstić information content (AvgIpc) is 2.53. The predicted octanol–water partition coefficient (Wildman–Crippen LogP) is 4.04. The molecular formula is C18H20BrNO2. The minimum Gasteiger partial charge on any atom is -0.387 e. The molecule has 22 heavy (non-hydrogen) atoms. The summed E-state index contributed by atoms with van der Waals surface area (Å²) < 4.78 is 0.925. The fourth-order valence-electron chi connectivity index (χ4n) is 2.11. The molecule has 0 saturated heterocycles. The highest BCUT2D eigenvalue weighted by Crippen LogP contribution is 2.18. The number of nitrogens with one attached hydrogen (secondary N) is 1. The van der Waals surface area contributed by atoms with E-state index >= 15 is 0 Å². The van der Waals surface area contributed by atoms with Crippen LogP contribution in [0.3, 0.4) is 0 Å². The molecule has 0 fully saturated rings. The summed E-state index contributed by atoms with van der Waals surface area (Å²) in [6.45, 7) is 4.45. The zero-order valence-electron chi connectivity index (χ0n) is 12.7. The van der Waals surface area contributed by atoms with E-state index in [0.29, 0.717) is 11.5 Å². The lowest BCUT2D eigenvalue weighted by atomic mass is 10.00. The van der Waals surface area contributed by atoms with Crippen LogP contribution in [0.1, 0.15) is 47.4 Å². The summed E-state index contributed by atoms with van der Waals surface area (Å²) in [4.78, 5) is 12.0. The predicted molar refractivity (Wildman–Crippen MR) is 92.0 cm³/mol. The molecule has 0 aromatic heterocycles. The number of halogens is 1. The van der Waals surface area contributed by atoms with Crippen molar-refractivity contribution in [1.82, 2.24) is 5.32 Å². The molecule has 2 rings (SSSR count). The van der Waals surface area contributed by atoms with Crippen LogP contribution in [0.2, 0.25) is 0 Å². The highest BCUT2D eigenvalue weighted by molar-refractivity contribution is 9.10. The third-order valence-electron chi connectivity index (χ3n) is 3.55. The van der Waals surface area contributed by atoms with E-state index in [9.17, 15) is 9.90 Å². The van der Waals surface area contributed by atoms with Crippen LogP contribution in [-0.4, -0.2) is 17.6 Å². The largest absolute Gasteiger partial charge is 0.387 e. The van der Waals surface area contributed by atoms with Crippen LogP contribution >= 0.6 is 15.9 Å². The first-order valence-corrected chi connectivity index (χ1v) is 8.08. The summed E-state index contributed by atoms with van der Waals surface area (Å²) in [7, 11) is 0. The van der Waals surface area contributed by atoms with E-state index in [1.807, 2.05) is 36.4 Å². The molecule has 2 aromatic rings. The lowest BCUT2D eigenvalue weighted by Crippen LogP contribution is -2.28. The first-order valence-electron chi connectivity index (χ1n) is 7.29. The van der Waals surface area contributed by atoms with Crippen molar-refractivity contribution in [2.75, 3.05) is 6.54 Å². The molecule has 0 heterocycles. The van der Waals surface area contributed by atoms with E-state index in [0.717, 1.165) is 10.0 Å². The maximum absolute atomic E-state index is 12.0. The Morgan fingerprint density at radius 2 is 1.59 bits per heavy atom. The molecule has 2 aromatic carbocycles. The molecule has 1 unspecified atom stereocenters. The molecule has 0 spiro atoms. The number of rotatable bonds is 5. The van der Waals surface area contributed by atoms with Crippen LogP contribution in [0, 0.1) is 0 Å². The molecular weight excluding hydrogens is 342 g/mol. The van der Waals surface area contributed by atoms with Crippen molar-refractivity contribution in [1.29, 1.82) is 0 Å². The number of hydrogen-bond acceptors (Lipinski definition) is 2. The van der Waals surface area contributed by atoms with Crippen LogP contribution in [0.15, 0.2) is 53.0 Å². The van der Waals surface area contributed by atoms with E-state index in [1.165, 1.54) is 5.56 Å². The van der Waals surface area contributed by atoms with E-state index in [-0.39, 0.29) is 12.5 Å². The third-order valence-corrected chi connectivity index (χ3v) is 4.08. The van der Waals surface area contributed by atoms with E-state index < -0.39 is 6.10 Å². The van der Waals surface area contributed by atoms with Gasteiger partial charge >= 0.3 is 0 Å². The van der Waals surface area contributed by atoms with Gasteiger partial charge < -0.3 is 10.4 Å². The van der Waals surface area contributed by atoms with Crippen molar-refractivity contribution in [3.05, 3.63) is 69.7 Å². The molecule has 116 valence electrons. The second kappa shape index (κ2) is 7.56. The minimum absolute atomic E-state index is 0.189. The molecule has 3 nitrogen and oxygen atoms in total. The Labute approximate surface area is 139 Å². The van der Waals surface area contributed by atoms with Gasteiger partial charge in [0.2, 0.25) is 0 Å².